The SMILES string of the molecule is Cc1nnnn1-c1cc(NC(=O)C2CCC(N)C2)ccc1F. The zero-order valence-electron chi connectivity index (χ0n) is 12.2. The first-order valence-corrected chi connectivity index (χ1v) is 7.16. The van der Waals surface area contributed by atoms with E-state index in [0.29, 0.717) is 17.9 Å². The molecule has 8 heteroatoms. The highest BCUT2D eigenvalue weighted by atomic mass is 19.1. The smallest absolute Gasteiger partial charge is 0.227 e. The van der Waals surface area contributed by atoms with Gasteiger partial charge in [-0.05, 0) is 54.8 Å². The molecule has 1 heterocycles. The van der Waals surface area contributed by atoms with Crippen molar-refractivity contribution in [1.29, 1.82) is 0 Å². The van der Waals surface area contributed by atoms with Gasteiger partial charge in [-0.2, -0.15) is 4.68 Å². The van der Waals surface area contributed by atoms with Gasteiger partial charge in [0.2, 0.25) is 5.91 Å². The molecule has 2 atom stereocenters. The molecule has 2 aromatic rings. The second-order valence-electron chi connectivity index (χ2n) is 5.56. The Morgan fingerprint density at radius 1 is 1.45 bits per heavy atom. The number of halogens is 1. The van der Waals surface area contributed by atoms with E-state index in [1.807, 2.05) is 0 Å². The number of hydrogen-bond acceptors (Lipinski definition) is 5. The van der Waals surface area contributed by atoms with Crippen LogP contribution in [0.25, 0.3) is 5.69 Å². The Morgan fingerprint density at radius 3 is 2.91 bits per heavy atom. The van der Waals surface area contributed by atoms with Crippen molar-refractivity contribution in [2.24, 2.45) is 11.7 Å². The molecule has 1 saturated carbocycles. The first kappa shape index (κ1) is 14.6. The maximum atomic E-state index is 14.0. The quantitative estimate of drug-likeness (QED) is 0.887. The number of anilines is 1. The largest absolute Gasteiger partial charge is 0.328 e. The molecule has 1 aromatic heterocycles. The number of nitrogens with one attached hydrogen (secondary N) is 1. The molecule has 2 unspecified atom stereocenters. The predicted molar refractivity (Wildman–Crippen MR) is 77.8 cm³/mol. The van der Waals surface area contributed by atoms with E-state index in [1.165, 1.54) is 22.9 Å². The maximum absolute atomic E-state index is 14.0. The average Bonchev–Trinajstić information content (AvgIpc) is 3.10. The lowest BCUT2D eigenvalue weighted by Gasteiger charge is -2.12. The van der Waals surface area contributed by atoms with Crippen LogP contribution in [0.2, 0.25) is 0 Å². The van der Waals surface area contributed by atoms with Gasteiger partial charge >= 0.3 is 0 Å². The molecule has 1 fully saturated rings. The molecule has 22 heavy (non-hydrogen) atoms. The molecule has 1 amide bonds. The van der Waals surface area contributed by atoms with Gasteiger partial charge in [-0.25, -0.2) is 4.39 Å². The Labute approximate surface area is 126 Å². The molecule has 0 aliphatic heterocycles. The van der Waals surface area contributed by atoms with Crippen LogP contribution in [-0.4, -0.2) is 32.2 Å². The van der Waals surface area contributed by atoms with E-state index in [0.717, 1.165) is 12.8 Å². The molecule has 1 aliphatic rings. The van der Waals surface area contributed by atoms with Gasteiger partial charge in [0.05, 0.1) is 0 Å². The van der Waals surface area contributed by atoms with Crippen molar-refractivity contribution in [3.05, 3.63) is 29.8 Å². The summed E-state index contributed by atoms with van der Waals surface area (Å²) in [6.45, 7) is 1.67. The molecular weight excluding hydrogens is 287 g/mol. The summed E-state index contributed by atoms with van der Waals surface area (Å²) in [7, 11) is 0. The molecule has 116 valence electrons. The van der Waals surface area contributed by atoms with Gasteiger partial charge in [0.25, 0.3) is 0 Å². The summed E-state index contributed by atoms with van der Waals surface area (Å²) in [6, 6.07) is 4.41. The standard InChI is InChI=1S/C14H17FN6O/c1-8-18-19-20-21(8)13-7-11(4-5-12(13)15)17-14(22)9-2-3-10(16)6-9/h4-5,7,9-10H,2-3,6,16H2,1H3,(H,17,22). The summed E-state index contributed by atoms with van der Waals surface area (Å²) in [5, 5.41) is 13.8. The Morgan fingerprint density at radius 2 is 2.27 bits per heavy atom. The highest BCUT2D eigenvalue weighted by Gasteiger charge is 2.27. The number of tetrazole rings is 1. The van der Waals surface area contributed by atoms with Gasteiger partial charge in [-0.1, -0.05) is 0 Å². The van der Waals surface area contributed by atoms with E-state index < -0.39 is 5.82 Å². The first-order valence-electron chi connectivity index (χ1n) is 7.16. The van der Waals surface area contributed by atoms with Crippen LogP contribution in [0, 0.1) is 18.7 Å². The molecule has 0 radical (unpaired) electrons. The van der Waals surface area contributed by atoms with Crippen LogP contribution in [0.5, 0.6) is 0 Å². The van der Waals surface area contributed by atoms with Crippen molar-refractivity contribution in [2.75, 3.05) is 5.32 Å². The normalized spacial score (nSPS) is 21.0. The second-order valence-corrected chi connectivity index (χ2v) is 5.56. The number of hydrogen-bond donors (Lipinski definition) is 2. The third-order valence-corrected chi connectivity index (χ3v) is 3.91. The van der Waals surface area contributed by atoms with Crippen LogP contribution >= 0.6 is 0 Å². The molecule has 7 nitrogen and oxygen atoms in total. The number of carbonyl (C=O) groups excluding carboxylic acids is 1. The van der Waals surface area contributed by atoms with Gasteiger partial charge in [0, 0.05) is 17.6 Å². The Hall–Kier alpha value is -2.35. The summed E-state index contributed by atoms with van der Waals surface area (Å²) in [4.78, 5) is 12.2. The lowest BCUT2D eigenvalue weighted by molar-refractivity contribution is -0.119. The molecular formula is C14H17FN6O. The minimum Gasteiger partial charge on any atom is -0.328 e. The molecule has 3 rings (SSSR count). The number of carbonyl (C=O) groups is 1. The Balaban J connectivity index is 1.81. The Bertz CT molecular complexity index is 700. The van der Waals surface area contributed by atoms with Crippen molar-refractivity contribution in [2.45, 2.75) is 32.2 Å². The van der Waals surface area contributed by atoms with E-state index in [4.69, 9.17) is 5.73 Å². The lowest BCUT2D eigenvalue weighted by Crippen LogP contribution is -2.23. The fourth-order valence-corrected chi connectivity index (χ4v) is 2.71. The summed E-state index contributed by atoms with van der Waals surface area (Å²) >= 11 is 0. The molecule has 3 N–H and O–H groups in total. The summed E-state index contributed by atoms with van der Waals surface area (Å²) in [6.07, 6.45) is 2.33. The van der Waals surface area contributed by atoms with E-state index in [2.05, 4.69) is 20.8 Å². The minimum atomic E-state index is -0.462. The van der Waals surface area contributed by atoms with Gasteiger partial charge in [0.1, 0.15) is 11.5 Å². The fraction of sp³-hybridized carbons (Fsp3) is 0.429. The maximum Gasteiger partial charge on any atom is 0.227 e. The zero-order chi connectivity index (χ0) is 15.7. The minimum absolute atomic E-state index is 0.0843. The van der Waals surface area contributed by atoms with Crippen molar-refractivity contribution in [3.63, 3.8) is 0 Å². The van der Waals surface area contributed by atoms with Crippen LogP contribution in [0.3, 0.4) is 0 Å². The average molecular weight is 304 g/mol. The fourth-order valence-electron chi connectivity index (χ4n) is 2.71. The van der Waals surface area contributed by atoms with E-state index >= 15 is 0 Å². The molecule has 0 bridgehead atoms. The number of aryl methyl sites for hydroxylation is 1. The van der Waals surface area contributed by atoms with E-state index in [1.54, 1.807) is 6.92 Å². The first-order chi connectivity index (χ1) is 10.5. The molecule has 1 aromatic carbocycles. The highest BCUT2D eigenvalue weighted by Crippen LogP contribution is 2.26. The van der Waals surface area contributed by atoms with Gasteiger partial charge < -0.3 is 11.1 Å². The summed E-state index contributed by atoms with van der Waals surface area (Å²) in [5.41, 5.74) is 6.53. The monoisotopic (exact) mass is 304 g/mol. The van der Waals surface area contributed by atoms with Crippen LogP contribution in [-0.2, 0) is 4.79 Å². The van der Waals surface area contributed by atoms with Gasteiger partial charge in [-0.15, -0.1) is 5.10 Å². The van der Waals surface area contributed by atoms with Gasteiger partial charge in [0.15, 0.2) is 5.82 Å². The number of nitrogens with zero attached hydrogens (tertiary/aromatic N) is 4. The van der Waals surface area contributed by atoms with Crippen LogP contribution < -0.4 is 11.1 Å². The number of amides is 1. The topological polar surface area (TPSA) is 98.7 Å². The number of nitrogens with two attached hydrogens (primary N) is 1. The third kappa shape index (κ3) is 2.82. The highest BCUT2D eigenvalue weighted by molar-refractivity contribution is 5.93. The molecule has 1 aliphatic carbocycles. The summed E-state index contributed by atoms with van der Waals surface area (Å²) < 4.78 is 15.2. The number of rotatable bonds is 3. The number of benzene rings is 1. The van der Waals surface area contributed by atoms with Crippen LogP contribution in [0.15, 0.2) is 18.2 Å². The van der Waals surface area contributed by atoms with Crippen LogP contribution in [0.4, 0.5) is 10.1 Å². The van der Waals surface area contributed by atoms with Crippen molar-refractivity contribution in [3.8, 4) is 5.69 Å². The lowest BCUT2D eigenvalue weighted by atomic mass is 10.1. The van der Waals surface area contributed by atoms with Crippen molar-refractivity contribution < 1.29 is 9.18 Å². The number of aromatic nitrogens is 4. The van der Waals surface area contributed by atoms with Crippen molar-refractivity contribution in [1.82, 2.24) is 20.2 Å². The molecule has 0 saturated heterocycles. The van der Waals surface area contributed by atoms with Gasteiger partial charge in [-0.3, -0.25) is 4.79 Å². The van der Waals surface area contributed by atoms with E-state index in [9.17, 15) is 9.18 Å². The van der Waals surface area contributed by atoms with E-state index in [-0.39, 0.29) is 23.6 Å². The van der Waals surface area contributed by atoms with Crippen molar-refractivity contribution >= 4 is 11.6 Å². The molecule has 0 spiro atoms. The Kier molecular flexibility index (Phi) is 3.84. The predicted octanol–water partition coefficient (Wildman–Crippen LogP) is 1.18. The third-order valence-electron chi connectivity index (χ3n) is 3.91. The summed E-state index contributed by atoms with van der Waals surface area (Å²) in [5.74, 6) is -0.169. The second kappa shape index (κ2) is 5.80. The zero-order valence-corrected chi connectivity index (χ0v) is 12.2. The van der Waals surface area contributed by atoms with Crippen LogP contribution in [0.1, 0.15) is 25.1 Å².